The zero-order valence-corrected chi connectivity index (χ0v) is 10.8. The molecule has 0 aliphatic rings. The van der Waals surface area contributed by atoms with Gasteiger partial charge in [-0.2, -0.15) is 0 Å². The highest BCUT2D eigenvalue weighted by molar-refractivity contribution is 5.83. The number of aldehydes is 1. The fourth-order valence-corrected chi connectivity index (χ4v) is 0.605. The molecule has 0 bridgehead atoms. The quantitative estimate of drug-likeness (QED) is 0.430. The first-order valence-corrected chi connectivity index (χ1v) is 5.34. The van der Waals surface area contributed by atoms with E-state index in [0.717, 1.165) is 0 Å². The van der Waals surface area contributed by atoms with Crippen LogP contribution in [0.2, 0.25) is 0 Å². The van der Waals surface area contributed by atoms with Crippen molar-refractivity contribution in [3.05, 3.63) is 0 Å². The van der Waals surface area contributed by atoms with E-state index in [1.165, 1.54) is 0 Å². The number of carbonyl (C=O) groups excluding carboxylic acids is 3. The zero-order valence-electron chi connectivity index (χ0n) is 10.8. The highest BCUT2D eigenvalue weighted by atomic mass is 16.5. The molecule has 0 fully saturated rings. The Morgan fingerprint density at radius 2 is 1.65 bits per heavy atom. The fraction of sp³-hybridized carbons (Fsp3) is 0.727. The molecule has 0 aromatic rings. The molecule has 0 saturated heterocycles. The molecule has 0 amide bonds. The van der Waals surface area contributed by atoms with Crippen molar-refractivity contribution in [3.8, 4) is 0 Å². The fourth-order valence-electron chi connectivity index (χ4n) is 0.605. The molecular formula is C11H21NO5. The minimum Gasteiger partial charge on any atom is -0.466 e. The Morgan fingerprint density at radius 1 is 1.18 bits per heavy atom. The van der Waals surface area contributed by atoms with Crippen LogP contribution >= 0.6 is 0 Å². The van der Waals surface area contributed by atoms with Crippen molar-refractivity contribution in [2.75, 3.05) is 13.2 Å². The van der Waals surface area contributed by atoms with E-state index in [2.05, 4.69) is 9.47 Å². The van der Waals surface area contributed by atoms with E-state index in [0.29, 0.717) is 19.5 Å². The van der Waals surface area contributed by atoms with Crippen LogP contribution in [0.4, 0.5) is 0 Å². The molecule has 0 aliphatic carbocycles. The van der Waals surface area contributed by atoms with Crippen LogP contribution in [-0.4, -0.2) is 37.0 Å². The van der Waals surface area contributed by atoms with Crippen molar-refractivity contribution < 1.29 is 23.9 Å². The highest BCUT2D eigenvalue weighted by Crippen LogP contribution is 1.98. The molecular weight excluding hydrogens is 226 g/mol. The van der Waals surface area contributed by atoms with Gasteiger partial charge in [-0.15, -0.1) is 0 Å². The molecule has 0 aliphatic heterocycles. The van der Waals surface area contributed by atoms with Crippen LogP contribution in [0.15, 0.2) is 0 Å². The van der Waals surface area contributed by atoms with E-state index < -0.39 is 11.5 Å². The summed E-state index contributed by atoms with van der Waals surface area (Å²) in [6.07, 6.45) is 0.395. The Balaban J connectivity index is 0. The summed E-state index contributed by atoms with van der Waals surface area (Å²) in [5.41, 5.74) is 4.54. The Bertz CT molecular complexity index is 245. The second-order valence-corrected chi connectivity index (χ2v) is 3.62. The number of hydrogen-bond donors (Lipinski definition) is 1. The number of carbonyl (C=O) groups is 3. The van der Waals surface area contributed by atoms with Gasteiger partial charge in [0.1, 0.15) is 18.2 Å². The molecule has 0 aromatic carbocycles. The standard InChI is InChI=1S/C6H13NO2.C5H8O3/c1-4-9-5(8)6(2,3)7;1-2-8-5(7)3-4-6/h4,7H2,1-3H3;4H,2-3H2,1H3. The van der Waals surface area contributed by atoms with Gasteiger partial charge in [0.15, 0.2) is 0 Å². The third kappa shape index (κ3) is 12.5. The largest absolute Gasteiger partial charge is 0.466 e. The van der Waals surface area contributed by atoms with Crippen LogP contribution in [0.1, 0.15) is 34.1 Å². The van der Waals surface area contributed by atoms with E-state index in [-0.39, 0.29) is 12.4 Å². The van der Waals surface area contributed by atoms with Crippen LogP contribution in [0.25, 0.3) is 0 Å². The van der Waals surface area contributed by atoms with Crippen molar-refractivity contribution in [1.29, 1.82) is 0 Å². The third-order valence-electron chi connectivity index (χ3n) is 1.36. The maximum Gasteiger partial charge on any atom is 0.325 e. The van der Waals surface area contributed by atoms with Gasteiger partial charge >= 0.3 is 11.9 Å². The molecule has 0 rings (SSSR count). The summed E-state index contributed by atoms with van der Waals surface area (Å²) in [5, 5.41) is 0. The smallest absolute Gasteiger partial charge is 0.325 e. The Kier molecular flexibility index (Phi) is 10.3. The first-order chi connectivity index (χ1) is 7.79. The van der Waals surface area contributed by atoms with E-state index in [1.54, 1.807) is 27.7 Å². The third-order valence-corrected chi connectivity index (χ3v) is 1.36. The number of esters is 2. The van der Waals surface area contributed by atoms with E-state index in [9.17, 15) is 14.4 Å². The molecule has 0 atom stereocenters. The zero-order chi connectivity index (χ0) is 13.9. The second kappa shape index (κ2) is 9.77. The summed E-state index contributed by atoms with van der Waals surface area (Å²) in [6, 6.07) is 0. The maximum absolute atomic E-state index is 10.7. The van der Waals surface area contributed by atoms with Crippen molar-refractivity contribution in [1.82, 2.24) is 0 Å². The molecule has 6 heteroatoms. The summed E-state index contributed by atoms with van der Waals surface area (Å²) in [5.74, 6) is -0.812. The molecule has 0 unspecified atom stereocenters. The molecule has 6 nitrogen and oxygen atoms in total. The van der Waals surface area contributed by atoms with Gasteiger partial charge in [0.05, 0.1) is 13.2 Å². The van der Waals surface area contributed by atoms with E-state index in [1.807, 2.05) is 0 Å². The number of nitrogens with two attached hydrogens (primary N) is 1. The lowest BCUT2D eigenvalue weighted by molar-refractivity contribution is -0.148. The predicted molar refractivity (Wildman–Crippen MR) is 62.2 cm³/mol. The minimum atomic E-state index is -0.851. The van der Waals surface area contributed by atoms with Gasteiger partial charge in [0.25, 0.3) is 0 Å². The van der Waals surface area contributed by atoms with Gasteiger partial charge in [-0.25, -0.2) is 0 Å². The van der Waals surface area contributed by atoms with Crippen LogP contribution in [0.3, 0.4) is 0 Å². The van der Waals surface area contributed by atoms with Crippen LogP contribution in [0.5, 0.6) is 0 Å². The first-order valence-electron chi connectivity index (χ1n) is 5.34. The van der Waals surface area contributed by atoms with Gasteiger partial charge in [0, 0.05) is 0 Å². The molecule has 100 valence electrons. The Morgan fingerprint density at radius 3 is 1.88 bits per heavy atom. The van der Waals surface area contributed by atoms with Gasteiger partial charge in [0.2, 0.25) is 0 Å². The second-order valence-electron chi connectivity index (χ2n) is 3.62. The van der Waals surface area contributed by atoms with E-state index in [4.69, 9.17) is 5.73 Å². The molecule has 0 aromatic heterocycles. The minimum absolute atomic E-state index is 0.131. The van der Waals surface area contributed by atoms with Crippen LogP contribution < -0.4 is 5.73 Å². The number of hydrogen-bond acceptors (Lipinski definition) is 6. The summed E-state index contributed by atoms with van der Waals surface area (Å²) < 4.78 is 9.05. The van der Waals surface area contributed by atoms with Gasteiger partial charge in [-0.3, -0.25) is 9.59 Å². The summed E-state index contributed by atoms with van der Waals surface area (Å²) in [6.45, 7) is 7.41. The molecule has 0 radical (unpaired) electrons. The normalized spacial score (nSPS) is 9.71. The maximum atomic E-state index is 10.7. The predicted octanol–water partition coefficient (Wildman–Crippen LogP) is 0.425. The number of rotatable bonds is 5. The molecule has 0 heterocycles. The van der Waals surface area contributed by atoms with Gasteiger partial charge < -0.3 is 20.0 Å². The Hall–Kier alpha value is -1.43. The van der Waals surface area contributed by atoms with Crippen LogP contribution in [-0.2, 0) is 23.9 Å². The van der Waals surface area contributed by atoms with Gasteiger partial charge in [-0.1, -0.05) is 0 Å². The molecule has 0 saturated carbocycles. The monoisotopic (exact) mass is 247 g/mol. The highest BCUT2D eigenvalue weighted by Gasteiger charge is 2.22. The first kappa shape index (κ1) is 17.9. The average Bonchev–Trinajstić information content (AvgIpc) is 2.18. The lowest BCUT2D eigenvalue weighted by Crippen LogP contribution is -2.42. The topological polar surface area (TPSA) is 95.7 Å². The Labute approximate surface area is 101 Å². The van der Waals surface area contributed by atoms with Gasteiger partial charge in [-0.05, 0) is 27.7 Å². The molecule has 2 N–H and O–H groups in total. The van der Waals surface area contributed by atoms with Crippen LogP contribution in [0, 0.1) is 0 Å². The lowest BCUT2D eigenvalue weighted by Gasteiger charge is -2.15. The average molecular weight is 247 g/mol. The molecule has 17 heavy (non-hydrogen) atoms. The van der Waals surface area contributed by atoms with Crippen molar-refractivity contribution in [2.24, 2.45) is 5.73 Å². The summed E-state index contributed by atoms with van der Waals surface area (Å²) in [4.78, 5) is 30.5. The van der Waals surface area contributed by atoms with Crippen molar-refractivity contribution in [3.63, 3.8) is 0 Å². The summed E-state index contributed by atoms with van der Waals surface area (Å²) >= 11 is 0. The molecule has 0 spiro atoms. The van der Waals surface area contributed by atoms with E-state index >= 15 is 0 Å². The van der Waals surface area contributed by atoms with Crippen molar-refractivity contribution >= 4 is 18.2 Å². The summed E-state index contributed by atoms with van der Waals surface area (Å²) in [7, 11) is 0. The van der Waals surface area contributed by atoms with Crippen molar-refractivity contribution in [2.45, 2.75) is 39.7 Å². The lowest BCUT2D eigenvalue weighted by atomic mass is 10.1. The number of ether oxygens (including phenoxy) is 2. The SMILES string of the molecule is CCOC(=O)C(C)(C)N.CCOC(=O)CC=O.